The standard InChI is InChI=1S/C16H18ClNO2S/c1-3-16(13-6-4-12(2)5-7-13)18-21(19,20)15-10-8-14(17)9-11-15/h4-11,16,18H,3H2,1-2H3/t16-/m0/s1. The first-order valence-electron chi connectivity index (χ1n) is 6.77. The summed E-state index contributed by atoms with van der Waals surface area (Å²) in [6, 6.07) is 13.8. The minimum atomic E-state index is -3.56. The lowest BCUT2D eigenvalue weighted by molar-refractivity contribution is 0.550. The van der Waals surface area contributed by atoms with Gasteiger partial charge >= 0.3 is 0 Å². The van der Waals surface area contributed by atoms with Gasteiger partial charge in [0.25, 0.3) is 0 Å². The number of hydrogen-bond donors (Lipinski definition) is 1. The van der Waals surface area contributed by atoms with Gasteiger partial charge in [-0.1, -0.05) is 48.4 Å². The molecule has 0 aliphatic rings. The van der Waals surface area contributed by atoms with Crippen molar-refractivity contribution >= 4 is 21.6 Å². The van der Waals surface area contributed by atoms with Crippen LogP contribution in [0.2, 0.25) is 5.02 Å². The van der Waals surface area contributed by atoms with E-state index >= 15 is 0 Å². The van der Waals surface area contributed by atoms with Crippen molar-refractivity contribution < 1.29 is 8.42 Å². The molecule has 0 aromatic heterocycles. The van der Waals surface area contributed by atoms with E-state index in [0.29, 0.717) is 11.4 Å². The first-order chi connectivity index (χ1) is 9.92. The van der Waals surface area contributed by atoms with Crippen molar-refractivity contribution in [1.82, 2.24) is 4.72 Å². The van der Waals surface area contributed by atoms with E-state index in [9.17, 15) is 8.42 Å². The molecule has 3 nitrogen and oxygen atoms in total. The highest BCUT2D eigenvalue weighted by Gasteiger charge is 2.20. The average molecular weight is 324 g/mol. The molecule has 2 aromatic carbocycles. The van der Waals surface area contributed by atoms with Crippen molar-refractivity contribution in [3.05, 3.63) is 64.7 Å². The molecule has 0 fully saturated rings. The van der Waals surface area contributed by atoms with Crippen LogP contribution in [0.3, 0.4) is 0 Å². The molecule has 0 spiro atoms. The van der Waals surface area contributed by atoms with Gasteiger partial charge in [0, 0.05) is 11.1 Å². The molecule has 5 heteroatoms. The number of rotatable bonds is 5. The van der Waals surface area contributed by atoms with Gasteiger partial charge in [0.15, 0.2) is 0 Å². The summed E-state index contributed by atoms with van der Waals surface area (Å²) >= 11 is 5.79. The molecular formula is C16H18ClNO2S. The second-order valence-electron chi connectivity index (χ2n) is 4.95. The van der Waals surface area contributed by atoms with E-state index in [0.717, 1.165) is 11.1 Å². The number of benzene rings is 2. The number of sulfonamides is 1. The van der Waals surface area contributed by atoms with Crippen LogP contribution in [-0.2, 0) is 10.0 Å². The Labute approximate surface area is 131 Å². The van der Waals surface area contributed by atoms with Crippen LogP contribution in [0.25, 0.3) is 0 Å². The summed E-state index contributed by atoms with van der Waals surface area (Å²) in [4.78, 5) is 0.220. The van der Waals surface area contributed by atoms with Gasteiger partial charge in [-0.05, 0) is 43.2 Å². The molecule has 0 heterocycles. The van der Waals surface area contributed by atoms with Gasteiger partial charge in [-0.2, -0.15) is 0 Å². The Morgan fingerprint density at radius 2 is 1.62 bits per heavy atom. The molecule has 0 amide bonds. The van der Waals surface area contributed by atoms with Gasteiger partial charge in [-0.25, -0.2) is 13.1 Å². The molecule has 0 radical (unpaired) electrons. The summed E-state index contributed by atoms with van der Waals surface area (Å²) < 4.78 is 27.5. The lowest BCUT2D eigenvalue weighted by Gasteiger charge is -2.18. The number of hydrogen-bond acceptors (Lipinski definition) is 2. The summed E-state index contributed by atoms with van der Waals surface area (Å²) in [5, 5.41) is 0.513. The van der Waals surface area contributed by atoms with E-state index in [4.69, 9.17) is 11.6 Å². The van der Waals surface area contributed by atoms with Gasteiger partial charge in [-0.15, -0.1) is 0 Å². The SMILES string of the molecule is CC[C@H](NS(=O)(=O)c1ccc(Cl)cc1)c1ccc(C)cc1. The zero-order valence-electron chi connectivity index (χ0n) is 12.0. The number of nitrogens with one attached hydrogen (secondary N) is 1. The molecular weight excluding hydrogens is 306 g/mol. The quantitative estimate of drug-likeness (QED) is 0.901. The fraction of sp³-hybridized carbons (Fsp3) is 0.250. The van der Waals surface area contributed by atoms with Crippen LogP contribution in [-0.4, -0.2) is 8.42 Å². The van der Waals surface area contributed by atoms with Crippen molar-refractivity contribution in [2.75, 3.05) is 0 Å². The molecule has 0 bridgehead atoms. The highest BCUT2D eigenvalue weighted by Crippen LogP contribution is 2.21. The highest BCUT2D eigenvalue weighted by atomic mass is 35.5. The molecule has 0 aliphatic carbocycles. The van der Waals surface area contributed by atoms with Crippen molar-refractivity contribution in [3.8, 4) is 0 Å². The molecule has 1 N–H and O–H groups in total. The summed E-state index contributed by atoms with van der Waals surface area (Å²) in [6.45, 7) is 3.96. The highest BCUT2D eigenvalue weighted by molar-refractivity contribution is 7.89. The molecule has 1 atom stereocenters. The molecule has 0 aliphatic heterocycles. The smallest absolute Gasteiger partial charge is 0.207 e. The van der Waals surface area contributed by atoms with E-state index < -0.39 is 10.0 Å². The van der Waals surface area contributed by atoms with Gasteiger partial charge in [-0.3, -0.25) is 0 Å². The lowest BCUT2D eigenvalue weighted by atomic mass is 10.0. The van der Waals surface area contributed by atoms with Gasteiger partial charge in [0.2, 0.25) is 10.0 Å². The minimum absolute atomic E-state index is 0.220. The first-order valence-corrected chi connectivity index (χ1v) is 8.63. The van der Waals surface area contributed by atoms with E-state index in [2.05, 4.69) is 4.72 Å². The van der Waals surface area contributed by atoms with Crippen molar-refractivity contribution in [1.29, 1.82) is 0 Å². The molecule has 112 valence electrons. The Morgan fingerprint density at radius 1 is 1.05 bits per heavy atom. The van der Waals surface area contributed by atoms with E-state index in [-0.39, 0.29) is 10.9 Å². The molecule has 0 saturated carbocycles. The monoisotopic (exact) mass is 323 g/mol. The van der Waals surface area contributed by atoms with Crippen LogP contribution in [0, 0.1) is 6.92 Å². The largest absolute Gasteiger partial charge is 0.241 e. The van der Waals surface area contributed by atoms with Crippen molar-refractivity contribution in [2.24, 2.45) is 0 Å². The van der Waals surface area contributed by atoms with Crippen LogP contribution in [0.5, 0.6) is 0 Å². The zero-order valence-corrected chi connectivity index (χ0v) is 13.6. The predicted molar refractivity (Wildman–Crippen MR) is 86.0 cm³/mol. The Hall–Kier alpha value is -1.36. The molecule has 2 rings (SSSR count). The summed E-state index contributed by atoms with van der Waals surface area (Å²) in [6.07, 6.45) is 0.676. The summed E-state index contributed by atoms with van der Waals surface area (Å²) in [5.74, 6) is 0. The fourth-order valence-corrected chi connectivity index (χ4v) is 3.49. The van der Waals surface area contributed by atoms with Crippen LogP contribution >= 0.6 is 11.6 Å². The van der Waals surface area contributed by atoms with Crippen molar-refractivity contribution in [2.45, 2.75) is 31.2 Å². The van der Waals surface area contributed by atoms with Crippen LogP contribution in [0.1, 0.15) is 30.5 Å². The van der Waals surface area contributed by atoms with Gasteiger partial charge in [0.05, 0.1) is 4.90 Å². The van der Waals surface area contributed by atoms with Crippen LogP contribution < -0.4 is 4.72 Å². The second kappa shape index (κ2) is 6.60. The van der Waals surface area contributed by atoms with Gasteiger partial charge in [0.1, 0.15) is 0 Å². The van der Waals surface area contributed by atoms with E-state index in [1.165, 1.54) is 12.1 Å². The Balaban J connectivity index is 2.24. The van der Waals surface area contributed by atoms with Gasteiger partial charge < -0.3 is 0 Å². The average Bonchev–Trinajstić information content (AvgIpc) is 2.46. The molecule has 0 saturated heterocycles. The Bertz CT molecular complexity index is 694. The third-order valence-corrected chi connectivity index (χ3v) is 5.05. The van der Waals surface area contributed by atoms with E-state index in [1.807, 2.05) is 38.1 Å². The van der Waals surface area contributed by atoms with Crippen LogP contribution in [0.15, 0.2) is 53.4 Å². The maximum absolute atomic E-state index is 12.4. The maximum atomic E-state index is 12.4. The Kier molecular flexibility index (Phi) is 5.04. The topological polar surface area (TPSA) is 46.2 Å². The van der Waals surface area contributed by atoms with E-state index in [1.54, 1.807) is 12.1 Å². The zero-order chi connectivity index (χ0) is 15.5. The maximum Gasteiger partial charge on any atom is 0.241 e. The van der Waals surface area contributed by atoms with Crippen LogP contribution in [0.4, 0.5) is 0 Å². The molecule has 0 unspecified atom stereocenters. The Morgan fingerprint density at radius 3 is 2.14 bits per heavy atom. The normalized spacial score (nSPS) is 13.1. The minimum Gasteiger partial charge on any atom is -0.207 e. The predicted octanol–water partition coefficient (Wildman–Crippen LogP) is 4.08. The third kappa shape index (κ3) is 4.06. The second-order valence-corrected chi connectivity index (χ2v) is 7.10. The number of aryl methyl sites for hydroxylation is 1. The third-order valence-electron chi connectivity index (χ3n) is 3.31. The van der Waals surface area contributed by atoms with Crippen molar-refractivity contribution in [3.63, 3.8) is 0 Å². The molecule has 21 heavy (non-hydrogen) atoms. The summed E-state index contributed by atoms with van der Waals surface area (Å²) in [5.41, 5.74) is 2.11. The first kappa shape index (κ1) is 16.0. The number of halogens is 1. The fourth-order valence-electron chi connectivity index (χ4n) is 2.05. The summed E-state index contributed by atoms with van der Waals surface area (Å²) in [7, 11) is -3.56. The molecule has 2 aromatic rings. The lowest BCUT2D eigenvalue weighted by Crippen LogP contribution is -2.28.